The summed E-state index contributed by atoms with van der Waals surface area (Å²) in [5.41, 5.74) is 1.38. The van der Waals surface area contributed by atoms with Gasteiger partial charge in [-0.3, -0.25) is 0 Å². The number of benzene rings is 1. The van der Waals surface area contributed by atoms with Crippen LogP contribution in [0.4, 0.5) is 13.2 Å². The number of hydrogen-bond acceptors (Lipinski definition) is 1. The number of unbranched alkanes of at least 4 members (excludes halogenated alkanes) is 1. The van der Waals surface area contributed by atoms with E-state index in [9.17, 15) is 13.2 Å². The van der Waals surface area contributed by atoms with Crippen LogP contribution in [0, 0.1) is 0 Å². The Labute approximate surface area is 110 Å². The number of halogens is 3. The molecule has 0 aromatic heterocycles. The molecule has 0 bridgehead atoms. The van der Waals surface area contributed by atoms with Crippen molar-refractivity contribution in [1.82, 2.24) is 0 Å². The summed E-state index contributed by atoms with van der Waals surface area (Å²) < 4.78 is 39.0. The third-order valence-electron chi connectivity index (χ3n) is 3.40. The summed E-state index contributed by atoms with van der Waals surface area (Å²) in [5.74, 6) is -1.13. The molecule has 0 fully saturated rings. The molecule has 1 aromatic carbocycles. The van der Waals surface area contributed by atoms with Gasteiger partial charge in [-0.15, -0.1) is 0 Å². The molecule has 0 saturated carbocycles. The van der Waals surface area contributed by atoms with Gasteiger partial charge in [0.1, 0.15) is 0 Å². The van der Waals surface area contributed by atoms with Crippen LogP contribution in [-0.4, -0.2) is 11.9 Å². The molecule has 1 aliphatic heterocycles. The van der Waals surface area contributed by atoms with Crippen molar-refractivity contribution < 1.29 is 13.2 Å². The summed E-state index contributed by atoms with van der Waals surface area (Å²) >= 11 is 1.46. The third-order valence-corrected chi connectivity index (χ3v) is 4.82. The number of rotatable bonds is 3. The molecule has 100 valence electrons. The first-order valence-corrected chi connectivity index (χ1v) is 7.36. The average molecular weight is 274 g/mol. The van der Waals surface area contributed by atoms with Crippen LogP contribution in [-0.2, 0) is 0 Å². The van der Waals surface area contributed by atoms with Crippen molar-refractivity contribution in [2.75, 3.05) is 5.75 Å². The van der Waals surface area contributed by atoms with E-state index in [0.29, 0.717) is 5.56 Å². The summed E-state index contributed by atoms with van der Waals surface area (Å²) in [6, 6.07) is 7.06. The predicted molar refractivity (Wildman–Crippen MR) is 70.0 cm³/mol. The highest BCUT2D eigenvalue weighted by atomic mass is 32.2. The lowest BCUT2D eigenvalue weighted by Crippen LogP contribution is -2.27. The van der Waals surface area contributed by atoms with E-state index < -0.39 is 12.1 Å². The molecular formula is C14H17F3S. The smallest absolute Gasteiger partial charge is 0.170 e. The maximum atomic E-state index is 13.0. The molecule has 18 heavy (non-hydrogen) atoms. The molecule has 2 atom stereocenters. The first-order valence-electron chi connectivity index (χ1n) is 6.31. The molecule has 2 unspecified atom stereocenters. The standard InChI is InChI=1S/C14H17F3S/c1-2-3-8-13-11-7-5-4-6-10(11)12(9-18-13)14(15,16)17/h4-7,12-13H,2-3,8-9H2,1H3. The molecule has 0 nitrogen and oxygen atoms in total. The molecule has 1 aliphatic rings. The van der Waals surface area contributed by atoms with E-state index in [1.807, 2.05) is 12.1 Å². The third kappa shape index (κ3) is 2.85. The van der Waals surface area contributed by atoms with E-state index in [1.165, 1.54) is 11.8 Å². The maximum Gasteiger partial charge on any atom is 0.396 e. The van der Waals surface area contributed by atoms with Crippen LogP contribution in [0.1, 0.15) is 48.5 Å². The Hall–Kier alpha value is -0.640. The predicted octanol–water partition coefficient (Wildman–Crippen LogP) is 5.31. The zero-order valence-corrected chi connectivity index (χ0v) is 11.2. The van der Waals surface area contributed by atoms with Crippen LogP contribution in [0.15, 0.2) is 24.3 Å². The second-order valence-electron chi connectivity index (χ2n) is 4.69. The summed E-state index contributed by atoms with van der Waals surface area (Å²) in [6.45, 7) is 2.11. The van der Waals surface area contributed by atoms with Gasteiger partial charge >= 0.3 is 6.18 Å². The molecule has 4 heteroatoms. The molecular weight excluding hydrogens is 257 g/mol. The van der Waals surface area contributed by atoms with Crippen molar-refractivity contribution in [2.45, 2.75) is 43.5 Å². The van der Waals surface area contributed by atoms with Crippen LogP contribution in [0.2, 0.25) is 0 Å². The second-order valence-corrected chi connectivity index (χ2v) is 5.92. The Kier molecular flexibility index (Phi) is 4.25. The van der Waals surface area contributed by atoms with Gasteiger partial charge in [-0.05, 0) is 17.5 Å². The Morgan fingerprint density at radius 1 is 1.22 bits per heavy atom. The highest BCUT2D eigenvalue weighted by molar-refractivity contribution is 7.99. The van der Waals surface area contributed by atoms with Gasteiger partial charge in [-0.25, -0.2) is 0 Å². The topological polar surface area (TPSA) is 0 Å². The Morgan fingerprint density at radius 2 is 1.89 bits per heavy atom. The van der Waals surface area contributed by atoms with Gasteiger partial charge < -0.3 is 0 Å². The van der Waals surface area contributed by atoms with Gasteiger partial charge in [0.25, 0.3) is 0 Å². The molecule has 2 rings (SSSR count). The van der Waals surface area contributed by atoms with E-state index in [4.69, 9.17) is 0 Å². The van der Waals surface area contributed by atoms with Gasteiger partial charge in [-0.2, -0.15) is 24.9 Å². The van der Waals surface area contributed by atoms with Gasteiger partial charge in [0.05, 0.1) is 5.92 Å². The van der Waals surface area contributed by atoms with Gasteiger partial charge in [-0.1, -0.05) is 44.0 Å². The molecule has 0 saturated heterocycles. The monoisotopic (exact) mass is 274 g/mol. The van der Waals surface area contributed by atoms with Crippen molar-refractivity contribution in [1.29, 1.82) is 0 Å². The van der Waals surface area contributed by atoms with Crippen molar-refractivity contribution in [3.8, 4) is 0 Å². The largest absolute Gasteiger partial charge is 0.396 e. The lowest BCUT2D eigenvalue weighted by Gasteiger charge is -2.32. The van der Waals surface area contributed by atoms with Gasteiger partial charge in [0.2, 0.25) is 0 Å². The Morgan fingerprint density at radius 3 is 2.50 bits per heavy atom. The minimum absolute atomic E-state index is 0.162. The van der Waals surface area contributed by atoms with E-state index >= 15 is 0 Å². The normalized spacial score (nSPS) is 23.8. The molecule has 1 aromatic rings. The number of hydrogen-bond donors (Lipinski definition) is 0. The summed E-state index contributed by atoms with van der Waals surface area (Å²) in [4.78, 5) is 0. The van der Waals surface area contributed by atoms with Crippen molar-refractivity contribution in [3.05, 3.63) is 35.4 Å². The van der Waals surface area contributed by atoms with Crippen LogP contribution in [0.3, 0.4) is 0 Å². The number of fused-ring (bicyclic) bond motifs is 1. The Bertz CT molecular complexity index is 400. The van der Waals surface area contributed by atoms with Gasteiger partial charge in [0, 0.05) is 11.0 Å². The van der Waals surface area contributed by atoms with Crippen molar-refractivity contribution in [3.63, 3.8) is 0 Å². The summed E-state index contributed by atoms with van der Waals surface area (Å²) in [7, 11) is 0. The minimum atomic E-state index is -4.13. The zero-order chi connectivity index (χ0) is 13.2. The molecule has 0 radical (unpaired) electrons. The van der Waals surface area contributed by atoms with Crippen LogP contribution in [0.5, 0.6) is 0 Å². The fraction of sp³-hybridized carbons (Fsp3) is 0.571. The summed E-state index contributed by atoms with van der Waals surface area (Å²) in [6.07, 6.45) is -0.994. The van der Waals surface area contributed by atoms with Crippen LogP contribution in [0.25, 0.3) is 0 Å². The van der Waals surface area contributed by atoms with E-state index in [-0.39, 0.29) is 11.0 Å². The first kappa shape index (κ1) is 13.8. The number of alkyl halides is 3. The summed E-state index contributed by atoms with van der Waals surface area (Å²) in [5, 5.41) is 0.236. The molecule has 1 heterocycles. The van der Waals surface area contributed by atoms with Crippen LogP contribution >= 0.6 is 11.8 Å². The maximum absolute atomic E-state index is 13.0. The number of thioether (sulfide) groups is 1. The lowest BCUT2D eigenvalue weighted by atomic mass is 9.91. The van der Waals surface area contributed by atoms with E-state index in [1.54, 1.807) is 12.1 Å². The van der Waals surface area contributed by atoms with E-state index in [2.05, 4.69) is 6.92 Å². The zero-order valence-electron chi connectivity index (χ0n) is 10.3. The quantitative estimate of drug-likeness (QED) is 0.719. The highest BCUT2D eigenvalue weighted by Crippen LogP contribution is 2.49. The molecule has 0 N–H and O–H groups in total. The molecule has 0 amide bonds. The lowest BCUT2D eigenvalue weighted by molar-refractivity contribution is -0.145. The highest BCUT2D eigenvalue weighted by Gasteiger charge is 2.44. The van der Waals surface area contributed by atoms with E-state index in [0.717, 1.165) is 24.8 Å². The molecule has 0 spiro atoms. The van der Waals surface area contributed by atoms with Crippen LogP contribution < -0.4 is 0 Å². The van der Waals surface area contributed by atoms with Crippen molar-refractivity contribution >= 4 is 11.8 Å². The SMILES string of the molecule is CCCCC1SCC(C(F)(F)F)c2ccccc21. The fourth-order valence-electron chi connectivity index (χ4n) is 2.41. The van der Waals surface area contributed by atoms with Gasteiger partial charge in [0.15, 0.2) is 0 Å². The fourth-order valence-corrected chi connectivity index (χ4v) is 3.93. The van der Waals surface area contributed by atoms with Crippen molar-refractivity contribution in [2.24, 2.45) is 0 Å². The Balaban J connectivity index is 2.29. The molecule has 0 aliphatic carbocycles. The minimum Gasteiger partial charge on any atom is -0.170 e. The average Bonchev–Trinajstić information content (AvgIpc) is 2.34. The first-order chi connectivity index (χ1) is 8.54. The second kappa shape index (κ2) is 5.55.